The second-order valence-electron chi connectivity index (χ2n) is 5.35. The van der Waals surface area contributed by atoms with E-state index in [1.807, 2.05) is 0 Å². The van der Waals surface area contributed by atoms with Crippen molar-refractivity contribution >= 4 is 0 Å². The van der Waals surface area contributed by atoms with E-state index in [9.17, 15) is 5.11 Å². The van der Waals surface area contributed by atoms with Crippen molar-refractivity contribution in [3.63, 3.8) is 0 Å². The zero-order valence-corrected chi connectivity index (χ0v) is 10.3. The SMILES string of the molecule is O[C@@H]1CCCc2ccccc2[C@H]1N1CCCC1. The summed E-state index contributed by atoms with van der Waals surface area (Å²) in [5, 5.41) is 10.4. The molecule has 1 fully saturated rings. The molecular formula is C15H21NO. The van der Waals surface area contributed by atoms with Gasteiger partial charge in [-0.2, -0.15) is 0 Å². The Hall–Kier alpha value is -0.860. The summed E-state index contributed by atoms with van der Waals surface area (Å²) < 4.78 is 0. The first-order valence-electron chi connectivity index (χ1n) is 6.86. The van der Waals surface area contributed by atoms with Crippen molar-refractivity contribution < 1.29 is 5.11 Å². The first-order valence-corrected chi connectivity index (χ1v) is 6.86. The molecule has 0 radical (unpaired) electrons. The van der Waals surface area contributed by atoms with E-state index in [-0.39, 0.29) is 12.1 Å². The number of hydrogen-bond acceptors (Lipinski definition) is 2. The lowest BCUT2D eigenvalue weighted by molar-refractivity contribution is 0.0568. The van der Waals surface area contributed by atoms with Crippen molar-refractivity contribution in [3.8, 4) is 0 Å². The number of likely N-dealkylation sites (tertiary alicyclic amines) is 1. The minimum atomic E-state index is -0.184. The van der Waals surface area contributed by atoms with Gasteiger partial charge in [-0.1, -0.05) is 24.3 Å². The lowest BCUT2D eigenvalue weighted by atomic mass is 9.96. The number of aryl methyl sites for hydroxylation is 1. The summed E-state index contributed by atoms with van der Waals surface area (Å²) in [5.74, 6) is 0. The molecule has 92 valence electrons. The van der Waals surface area contributed by atoms with Crippen LogP contribution in [0.4, 0.5) is 0 Å². The Kier molecular flexibility index (Phi) is 3.17. The zero-order chi connectivity index (χ0) is 11.7. The monoisotopic (exact) mass is 231 g/mol. The Labute approximate surface area is 103 Å². The van der Waals surface area contributed by atoms with E-state index in [0.717, 1.165) is 32.4 Å². The molecule has 1 heterocycles. The summed E-state index contributed by atoms with van der Waals surface area (Å²) in [6.07, 6.45) is 5.56. The Bertz CT molecular complexity index is 384. The molecule has 1 N–H and O–H groups in total. The quantitative estimate of drug-likeness (QED) is 0.751. The highest BCUT2D eigenvalue weighted by Gasteiger charge is 2.32. The minimum absolute atomic E-state index is 0.184. The van der Waals surface area contributed by atoms with Gasteiger partial charge in [0.15, 0.2) is 0 Å². The fraction of sp³-hybridized carbons (Fsp3) is 0.600. The van der Waals surface area contributed by atoms with Crippen LogP contribution in [0.25, 0.3) is 0 Å². The van der Waals surface area contributed by atoms with Crippen molar-refractivity contribution in [1.82, 2.24) is 4.90 Å². The second kappa shape index (κ2) is 4.79. The van der Waals surface area contributed by atoms with Crippen LogP contribution in [0.1, 0.15) is 42.9 Å². The maximum atomic E-state index is 10.4. The Balaban J connectivity index is 1.97. The fourth-order valence-corrected chi connectivity index (χ4v) is 3.38. The predicted octanol–water partition coefficient (Wildman–Crippen LogP) is 2.52. The lowest BCUT2D eigenvalue weighted by Crippen LogP contribution is -2.34. The van der Waals surface area contributed by atoms with Gasteiger partial charge in [-0.15, -0.1) is 0 Å². The van der Waals surface area contributed by atoms with E-state index in [4.69, 9.17) is 0 Å². The molecule has 2 heteroatoms. The van der Waals surface area contributed by atoms with Gasteiger partial charge in [-0.25, -0.2) is 0 Å². The number of fused-ring (bicyclic) bond motifs is 1. The molecule has 0 spiro atoms. The third-order valence-electron chi connectivity index (χ3n) is 4.22. The Morgan fingerprint density at radius 3 is 2.65 bits per heavy atom. The Morgan fingerprint density at radius 2 is 1.82 bits per heavy atom. The van der Waals surface area contributed by atoms with Gasteiger partial charge in [0.05, 0.1) is 12.1 Å². The average molecular weight is 231 g/mol. The molecule has 1 aliphatic heterocycles. The van der Waals surface area contributed by atoms with Crippen LogP contribution in [-0.2, 0) is 6.42 Å². The highest BCUT2D eigenvalue weighted by molar-refractivity contribution is 5.32. The van der Waals surface area contributed by atoms with E-state index in [1.165, 1.54) is 24.0 Å². The average Bonchev–Trinajstić information content (AvgIpc) is 2.80. The first kappa shape index (κ1) is 11.2. The molecule has 17 heavy (non-hydrogen) atoms. The zero-order valence-electron chi connectivity index (χ0n) is 10.3. The smallest absolute Gasteiger partial charge is 0.0737 e. The van der Waals surface area contributed by atoms with E-state index < -0.39 is 0 Å². The molecule has 3 rings (SSSR count). The van der Waals surface area contributed by atoms with Crippen LogP contribution in [0, 0.1) is 0 Å². The molecule has 2 aliphatic rings. The van der Waals surface area contributed by atoms with Crippen molar-refractivity contribution in [2.45, 2.75) is 44.2 Å². The number of nitrogens with zero attached hydrogens (tertiary/aromatic N) is 1. The maximum absolute atomic E-state index is 10.4. The highest BCUT2D eigenvalue weighted by Crippen LogP contribution is 2.35. The van der Waals surface area contributed by atoms with Gasteiger partial charge < -0.3 is 5.11 Å². The van der Waals surface area contributed by atoms with Crippen molar-refractivity contribution in [3.05, 3.63) is 35.4 Å². The van der Waals surface area contributed by atoms with Crippen LogP contribution in [-0.4, -0.2) is 29.2 Å². The van der Waals surface area contributed by atoms with Crippen molar-refractivity contribution in [2.24, 2.45) is 0 Å². The van der Waals surface area contributed by atoms with E-state index >= 15 is 0 Å². The first-order chi connectivity index (χ1) is 8.36. The largest absolute Gasteiger partial charge is 0.391 e. The molecule has 1 aliphatic carbocycles. The molecule has 2 nitrogen and oxygen atoms in total. The normalized spacial score (nSPS) is 29.9. The van der Waals surface area contributed by atoms with Crippen molar-refractivity contribution in [1.29, 1.82) is 0 Å². The summed E-state index contributed by atoms with van der Waals surface area (Å²) in [4.78, 5) is 2.48. The molecule has 1 aromatic rings. The molecule has 0 aromatic heterocycles. The van der Waals surface area contributed by atoms with Crippen LogP contribution in [0.15, 0.2) is 24.3 Å². The summed E-state index contributed by atoms with van der Waals surface area (Å²) in [6, 6.07) is 8.93. The van der Waals surface area contributed by atoms with E-state index in [0.29, 0.717) is 0 Å². The van der Waals surface area contributed by atoms with Crippen LogP contribution in [0.2, 0.25) is 0 Å². The summed E-state index contributed by atoms with van der Waals surface area (Å²) in [7, 11) is 0. The number of benzene rings is 1. The molecular weight excluding hydrogens is 210 g/mol. The number of aliphatic hydroxyl groups is 1. The summed E-state index contributed by atoms with van der Waals surface area (Å²) in [5.41, 5.74) is 2.82. The molecule has 0 bridgehead atoms. The number of aliphatic hydroxyl groups excluding tert-OH is 1. The predicted molar refractivity (Wildman–Crippen MR) is 68.9 cm³/mol. The van der Waals surface area contributed by atoms with Crippen LogP contribution in [0.3, 0.4) is 0 Å². The molecule has 0 amide bonds. The van der Waals surface area contributed by atoms with Gasteiger partial charge in [0.2, 0.25) is 0 Å². The lowest BCUT2D eigenvalue weighted by Gasteiger charge is -2.31. The number of rotatable bonds is 1. The second-order valence-corrected chi connectivity index (χ2v) is 5.35. The van der Waals surface area contributed by atoms with Gasteiger partial charge in [-0.3, -0.25) is 4.90 Å². The van der Waals surface area contributed by atoms with Gasteiger partial charge in [0.25, 0.3) is 0 Å². The summed E-state index contributed by atoms with van der Waals surface area (Å²) in [6.45, 7) is 2.30. The highest BCUT2D eigenvalue weighted by atomic mass is 16.3. The maximum Gasteiger partial charge on any atom is 0.0737 e. The van der Waals surface area contributed by atoms with Crippen LogP contribution in [0.5, 0.6) is 0 Å². The van der Waals surface area contributed by atoms with Crippen LogP contribution < -0.4 is 0 Å². The van der Waals surface area contributed by atoms with E-state index in [2.05, 4.69) is 29.2 Å². The van der Waals surface area contributed by atoms with Gasteiger partial charge in [-0.05, 0) is 56.3 Å². The molecule has 0 saturated carbocycles. The van der Waals surface area contributed by atoms with Gasteiger partial charge in [0, 0.05) is 0 Å². The fourth-order valence-electron chi connectivity index (χ4n) is 3.38. The molecule has 2 atom stereocenters. The van der Waals surface area contributed by atoms with Gasteiger partial charge in [0.1, 0.15) is 0 Å². The Morgan fingerprint density at radius 1 is 1.06 bits per heavy atom. The number of hydrogen-bond donors (Lipinski definition) is 1. The molecule has 1 saturated heterocycles. The minimum Gasteiger partial charge on any atom is -0.391 e. The third kappa shape index (κ3) is 2.12. The topological polar surface area (TPSA) is 23.5 Å². The standard InChI is InChI=1S/C15H21NO/c17-14-9-5-7-12-6-1-2-8-13(12)15(14)16-10-3-4-11-16/h1-2,6,8,14-15,17H,3-5,7,9-11H2/t14-,15-/m1/s1. The molecule has 1 aromatic carbocycles. The molecule has 0 unspecified atom stereocenters. The van der Waals surface area contributed by atoms with Crippen LogP contribution >= 0.6 is 0 Å². The van der Waals surface area contributed by atoms with Crippen molar-refractivity contribution in [2.75, 3.05) is 13.1 Å². The summed E-state index contributed by atoms with van der Waals surface area (Å²) >= 11 is 0. The van der Waals surface area contributed by atoms with E-state index in [1.54, 1.807) is 0 Å². The van der Waals surface area contributed by atoms with Gasteiger partial charge >= 0.3 is 0 Å². The third-order valence-corrected chi connectivity index (χ3v) is 4.22.